The Kier molecular flexibility index (Phi) is 4.24. The topological polar surface area (TPSA) is 66.2 Å². The number of halogens is 2. The van der Waals surface area contributed by atoms with Gasteiger partial charge in [0, 0.05) is 0 Å². The molecule has 0 unspecified atom stereocenters. The SMILES string of the molecule is COc1cc(Cn2cc(C=O)nn2)ccc1OC(F)F. The highest BCUT2D eigenvalue weighted by Gasteiger charge is 2.11. The third-order valence-corrected chi connectivity index (χ3v) is 2.47. The Balaban J connectivity index is 2.18. The van der Waals surface area contributed by atoms with Crippen molar-refractivity contribution in [3.05, 3.63) is 35.7 Å². The number of hydrogen-bond acceptors (Lipinski definition) is 5. The maximum atomic E-state index is 12.2. The summed E-state index contributed by atoms with van der Waals surface area (Å²) in [7, 11) is 1.36. The number of aromatic nitrogens is 3. The molecule has 0 spiro atoms. The number of hydrogen-bond donors (Lipinski definition) is 0. The van der Waals surface area contributed by atoms with Crippen LogP contribution >= 0.6 is 0 Å². The minimum atomic E-state index is -2.92. The molecule has 6 nitrogen and oxygen atoms in total. The zero-order valence-electron chi connectivity index (χ0n) is 10.5. The fourth-order valence-electron chi connectivity index (χ4n) is 1.64. The Labute approximate surface area is 112 Å². The van der Waals surface area contributed by atoms with Crippen LogP contribution in [0.5, 0.6) is 11.5 Å². The standard InChI is InChI=1S/C12H11F2N3O3/c1-19-11-4-8(2-3-10(11)20-12(13)14)5-17-6-9(7-18)15-16-17/h2-4,6-7,12H,5H2,1H3. The van der Waals surface area contributed by atoms with E-state index < -0.39 is 6.61 Å². The summed E-state index contributed by atoms with van der Waals surface area (Å²) in [6.45, 7) is -2.59. The first-order valence-corrected chi connectivity index (χ1v) is 5.59. The first kappa shape index (κ1) is 13.9. The number of carbonyl (C=O) groups excluding carboxylic acids is 1. The van der Waals surface area contributed by atoms with E-state index in [1.54, 1.807) is 12.1 Å². The molecule has 1 heterocycles. The van der Waals surface area contributed by atoms with E-state index in [0.717, 1.165) is 5.56 Å². The number of alkyl halides is 2. The average Bonchev–Trinajstić information content (AvgIpc) is 2.87. The van der Waals surface area contributed by atoms with E-state index in [9.17, 15) is 13.6 Å². The normalized spacial score (nSPS) is 10.6. The summed E-state index contributed by atoms with van der Waals surface area (Å²) in [6.07, 6.45) is 2.06. The van der Waals surface area contributed by atoms with Crippen LogP contribution in [0.4, 0.5) is 8.78 Å². The number of ether oxygens (including phenoxy) is 2. The van der Waals surface area contributed by atoms with Crippen molar-refractivity contribution >= 4 is 6.29 Å². The summed E-state index contributed by atoms with van der Waals surface area (Å²) in [5.41, 5.74) is 0.959. The molecule has 106 valence electrons. The highest BCUT2D eigenvalue weighted by molar-refractivity contribution is 5.70. The van der Waals surface area contributed by atoms with Crippen LogP contribution in [0, 0.1) is 0 Å². The lowest BCUT2D eigenvalue weighted by Gasteiger charge is -2.11. The zero-order chi connectivity index (χ0) is 14.5. The van der Waals surface area contributed by atoms with Gasteiger partial charge in [-0.1, -0.05) is 11.3 Å². The maximum Gasteiger partial charge on any atom is 0.387 e. The predicted octanol–water partition coefficient (Wildman–Crippen LogP) is 1.75. The van der Waals surface area contributed by atoms with Crippen LogP contribution in [0.3, 0.4) is 0 Å². The molecule has 0 radical (unpaired) electrons. The number of aldehydes is 1. The molecule has 0 aliphatic carbocycles. The second-order valence-corrected chi connectivity index (χ2v) is 3.82. The first-order chi connectivity index (χ1) is 9.62. The molecule has 1 aromatic heterocycles. The van der Waals surface area contributed by atoms with E-state index in [1.165, 1.54) is 24.1 Å². The molecule has 0 amide bonds. The Morgan fingerprint density at radius 2 is 2.20 bits per heavy atom. The molecule has 0 bridgehead atoms. The van der Waals surface area contributed by atoms with Gasteiger partial charge in [0.1, 0.15) is 5.69 Å². The van der Waals surface area contributed by atoms with Crippen molar-refractivity contribution in [3.8, 4) is 11.5 Å². The quantitative estimate of drug-likeness (QED) is 0.756. The molecule has 0 aliphatic heterocycles. The van der Waals surface area contributed by atoms with Crippen molar-refractivity contribution in [2.45, 2.75) is 13.2 Å². The summed E-state index contributed by atoms with van der Waals surface area (Å²) in [5, 5.41) is 7.37. The van der Waals surface area contributed by atoms with Gasteiger partial charge >= 0.3 is 6.61 Å². The highest BCUT2D eigenvalue weighted by Crippen LogP contribution is 2.29. The lowest BCUT2D eigenvalue weighted by molar-refractivity contribution is -0.0512. The first-order valence-electron chi connectivity index (χ1n) is 5.59. The Morgan fingerprint density at radius 3 is 2.80 bits per heavy atom. The number of rotatable bonds is 6. The Bertz CT molecular complexity index is 601. The van der Waals surface area contributed by atoms with E-state index in [-0.39, 0.29) is 17.2 Å². The van der Waals surface area contributed by atoms with Crippen LogP contribution in [0.1, 0.15) is 16.1 Å². The minimum Gasteiger partial charge on any atom is -0.493 e. The van der Waals surface area contributed by atoms with Gasteiger partial charge in [-0.15, -0.1) is 5.10 Å². The summed E-state index contributed by atoms with van der Waals surface area (Å²) < 4.78 is 35.2. The molecule has 0 saturated carbocycles. The van der Waals surface area contributed by atoms with Crippen molar-refractivity contribution in [1.29, 1.82) is 0 Å². The van der Waals surface area contributed by atoms with Gasteiger partial charge in [-0.2, -0.15) is 8.78 Å². The second kappa shape index (κ2) is 6.09. The van der Waals surface area contributed by atoms with Crippen molar-refractivity contribution in [2.75, 3.05) is 7.11 Å². The number of nitrogens with zero attached hydrogens (tertiary/aromatic N) is 3. The minimum absolute atomic E-state index is 0.0431. The summed E-state index contributed by atoms with van der Waals surface area (Å²) in [5.74, 6) is 0.150. The van der Waals surface area contributed by atoms with E-state index in [1.807, 2.05) is 0 Å². The molecular formula is C12H11F2N3O3. The average molecular weight is 283 g/mol. The molecule has 0 saturated heterocycles. The van der Waals surface area contributed by atoms with Crippen LogP contribution in [0.15, 0.2) is 24.4 Å². The fourth-order valence-corrected chi connectivity index (χ4v) is 1.64. The summed E-state index contributed by atoms with van der Waals surface area (Å²) >= 11 is 0. The summed E-state index contributed by atoms with van der Waals surface area (Å²) in [6, 6.07) is 4.54. The lowest BCUT2D eigenvalue weighted by atomic mass is 10.2. The van der Waals surface area contributed by atoms with Gasteiger partial charge < -0.3 is 9.47 Å². The van der Waals surface area contributed by atoms with E-state index in [4.69, 9.17) is 4.74 Å². The van der Waals surface area contributed by atoms with Gasteiger partial charge in [0.25, 0.3) is 0 Å². The largest absolute Gasteiger partial charge is 0.493 e. The number of carbonyl (C=O) groups is 1. The molecule has 8 heteroatoms. The van der Waals surface area contributed by atoms with Crippen molar-refractivity contribution < 1.29 is 23.0 Å². The maximum absolute atomic E-state index is 12.2. The van der Waals surface area contributed by atoms with Crippen molar-refractivity contribution in [1.82, 2.24) is 15.0 Å². The molecule has 0 atom stereocenters. The van der Waals surface area contributed by atoms with Crippen molar-refractivity contribution in [2.24, 2.45) is 0 Å². The second-order valence-electron chi connectivity index (χ2n) is 3.82. The monoisotopic (exact) mass is 283 g/mol. The predicted molar refractivity (Wildman–Crippen MR) is 64.1 cm³/mol. The summed E-state index contributed by atoms with van der Waals surface area (Å²) in [4.78, 5) is 10.5. The van der Waals surface area contributed by atoms with Crippen LogP contribution in [-0.2, 0) is 6.54 Å². The molecule has 20 heavy (non-hydrogen) atoms. The fraction of sp³-hybridized carbons (Fsp3) is 0.250. The van der Waals surface area contributed by atoms with Gasteiger partial charge in [0.15, 0.2) is 17.8 Å². The Hall–Kier alpha value is -2.51. The van der Waals surface area contributed by atoms with Crippen LogP contribution in [0.25, 0.3) is 0 Å². The van der Waals surface area contributed by atoms with Gasteiger partial charge in [0.2, 0.25) is 0 Å². The van der Waals surface area contributed by atoms with E-state index in [0.29, 0.717) is 12.8 Å². The van der Waals surface area contributed by atoms with Gasteiger partial charge in [-0.3, -0.25) is 4.79 Å². The van der Waals surface area contributed by atoms with Gasteiger partial charge in [-0.05, 0) is 17.7 Å². The molecule has 0 aliphatic rings. The Morgan fingerprint density at radius 1 is 1.40 bits per heavy atom. The smallest absolute Gasteiger partial charge is 0.387 e. The number of benzene rings is 1. The van der Waals surface area contributed by atoms with Gasteiger partial charge in [0.05, 0.1) is 19.9 Å². The lowest BCUT2D eigenvalue weighted by Crippen LogP contribution is -2.05. The third-order valence-electron chi connectivity index (χ3n) is 2.47. The van der Waals surface area contributed by atoms with E-state index in [2.05, 4.69) is 15.0 Å². The van der Waals surface area contributed by atoms with Crippen molar-refractivity contribution in [3.63, 3.8) is 0 Å². The molecule has 2 rings (SSSR count). The van der Waals surface area contributed by atoms with Crippen LogP contribution in [-0.4, -0.2) is 35.0 Å². The van der Waals surface area contributed by atoms with Gasteiger partial charge in [-0.25, -0.2) is 4.68 Å². The molecule has 2 aromatic rings. The highest BCUT2D eigenvalue weighted by atomic mass is 19.3. The number of methoxy groups -OCH3 is 1. The molecule has 0 fully saturated rings. The van der Waals surface area contributed by atoms with Crippen LogP contribution in [0.2, 0.25) is 0 Å². The molecule has 1 aromatic carbocycles. The molecular weight excluding hydrogens is 272 g/mol. The molecule has 0 N–H and O–H groups in total. The van der Waals surface area contributed by atoms with Crippen LogP contribution < -0.4 is 9.47 Å². The third kappa shape index (κ3) is 3.28. The van der Waals surface area contributed by atoms with E-state index >= 15 is 0 Å². The zero-order valence-corrected chi connectivity index (χ0v) is 10.5.